The van der Waals surface area contributed by atoms with E-state index < -0.39 is 23.9 Å². The predicted molar refractivity (Wildman–Crippen MR) is 109 cm³/mol. The number of fused-ring (bicyclic) bond motifs is 5. The van der Waals surface area contributed by atoms with Gasteiger partial charge in [-0.05, 0) is 68.0 Å². The molecule has 5 rings (SSSR count). The monoisotopic (exact) mass is 438 g/mol. The van der Waals surface area contributed by atoms with Crippen molar-refractivity contribution in [2.24, 2.45) is 5.41 Å². The lowest BCUT2D eigenvalue weighted by atomic mass is 10.0. The number of hydrogen-bond donors (Lipinski definition) is 1. The molecule has 3 nitrogen and oxygen atoms in total. The van der Waals surface area contributed by atoms with E-state index in [0.29, 0.717) is 11.6 Å². The van der Waals surface area contributed by atoms with Crippen molar-refractivity contribution >= 4 is 28.6 Å². The van der Waals surface area contributed by atoms with Crippen LogP contribution in [0.15, 0.2) is 18.2 Å². The van der Waals surface area contributed by atoms with Gasteiger partial charge in [-0.3, -0.25) is 4.79 Å². The number of anilines is 2. The van der Waals surface area contributed by atoms with Crippen molar-refractivity contribution in [1.82, 2.24) is 0 Å². The van der Waals surface area contributed by atoms with Crippen LogP contribution in [0.5, 0.6) is 0 Å². The van der Waals surface area contributed by atoms with Crippen LogP contribution >= 0.6 is 11.3 Å². The van der Waals surface area contributed by atoms with Gasteiger partial charge in [0.1, 0.15) is 0 Å². The van der Waals surface area contributed by atoms with E-state index in [1.807, 2.05) is 26.0 Å². The van der Waals surface area contributed by atoms with E-state index in [1.54, 1.807) is 6.07 Å². The van der Waals surface area contributed by atoms with Gasteiger partial charge < -0.3 is 10.2 Å². The molecule has 1 aromatic carbocycles. The first kappa shape index (κ1) is 19.8. The normalized spacial score (nSPS) is 23.6. The molecule has 3 aliphatic rings. The van der Waals surface area contributed by atoms with E-state index in [-0.39, 0.29) is 24.0 Å². The zero-order valence-electron chi connectivity index (χ0n) is 16.7. The number of halogens is 4. The fraction of sp³-hybridized carbons (Fsp3) is 0.500. The van der Waals surface area contributed by atoms with Crippen LogP contribution in [0.1, 0.15) is 59.2 Å². The fourth-order valence-corrected chi connectivity index (χ4v) is 6.12. The largest absolute Gasteiger partial charge is 0.395 e. The lowest BCUT2D eigenvalue weighted by Gasteiger charge is -2.30. The van der Waals surface area contributed by atoms with E-state index in [0.717, 1.165) is 40.2 Å². The van der Waals surface area contributed by atoms with E-state index >= 15 is 0 Å². The summed E-state index contributed by atoms with van der Waals surface area (Å²) in [5.41, 5.74) is 2.43. The molecule has 1 aliphatic heterocycles. The average Bonchev–Trinajstić information content (AvgIpc) is 3.01. The van der Waals surface area contributed by atoms with Gasteiger partial charge >= 0.3 is 6.18 Å². The summed E-state index contributed by atoms with van der Waals surface area (Å²) in [7, 11) is 0. The molecule has 2 aliphatic carbocycles. The van der Waals surface area contributed by atoms with Crippen molar-refractivity contribution in [1.29, 1.82) is 0 Å². The van der Waals surface area contributed by atoms with E-state index in [1.165, 1.54) is 11.3 Å². The molecule has 160 valence electrons. The molecule has 0 spiro atoms. The molecule has 2 bridgehead atoms. The molecular weight excluding hydrogens is 416 g/mol. The number of amides is 1. The van der Waals surface area contributed by atoms with Crippen molar-refractivity contribution in [2.75, 3.05) is 16.8 Å². The maximum atomic E-state index is 13.7. The maximum absolute atomic E-state index is 13.7. The highest BCUT2D eigenvalue weighted by molar-refractivity contribution is 7.10. The summed E-state index contributed by atoms with van der Waals surface area (Å²) >= 11 is 1.24. The number of nitrogens with zero attached hydrogens (tertiary/aromatic N) is 1. The van der Waals surface area contributed by atoms with Gasteiger partial charge in [0.05, 0.1) is 11.5 Å². The Labute approximate surface area is 176 Å². The molecule has 1 saturated heterocycles. The zero-order valence-corrected chi connectivity index (χ0v) is 17.5. The molecule has 1 N–H and O–H groups in total. The first-order chi connectivity index (χ1) is 14.1. The lowest BCUT2D eigenvalue weighted by molar-refractivity contribution is -0.189. The summed E-state index contributed by atoms with van der Waals surface area (Å²) in [5, 5.41) is 2.57. The lowest BCUT2D eigenvalue weighted by Crippen LogP contribution is -2.30. The van der Waals surface area contributed by atoms with Gasteiger partial charge in [-0.2, -0.15) is 17.6 Å². The third kappa shape index (κ3) is 3.02. The highest BCUT2D eigenvalue weighted by atomic mass is 32.1. The molecule has 30 heavy (non-hydrogen) atoms. The van der Waals surface area contributed by atoms with E-state index in [4.69, 9.17) is 0 Å². The third-order valence-electron chi connectivity index (χ3n) is 6.86. The minimum Gasteiger partial charge on any atom is -0.364 e. The summed E-state index contributed by atoms with van der Waals surface area (Å²) in [4.78, 5) is 15.8. The Bertz CT molecular complexity index is 1020. The van der Waals surface area contributed by atoms with E-state index in [2.05, 4.69) is 10.2 Å². The second-order valence-corrected chi connectivity index (χ2v) is 9.96. The smallest absolute Gasteiger partial charge is 0.364 e. The SMILES string of the molecule is Cc1cc(N2CC3CC2c2cc(F)sc23)cc(C)c1NC(=O)CC1(C(F)(F)F)CC1. The molecule has 2 aromatic rings. The van der Waals surface area contributed by atoms with Gasteiger partial charge in [0, 0.05) is 35.1 Å². The van der Waals surface area contributed by atoms with Crippen molar-refractivity contribution in [2.45, 2.75) is 57.7 Å². The Morgan fingerprint density at radius 3 is 2.50 bits per heavy atom. The number of carbonyl (C=O) groups is 1. The van der Waals surface area contributed by atoms with Crippen LogP contribution in [0, 0.1) is 24.4 Å². The topological polar surface area (TPSA) is 32.3 Å². The van der Waals surface area contributed by atoms with Gasteiger partial charge in [-0.25, -0.2) is 0 Å². The van der Waals surface area contributed by atoms with Gasteiger partial charge in [0.25, 0.3) is 0 Å². The number of rotatable bonds is 4. The Morgan fingerprint density at radius 2 is 1.90 bits per heavy atom. The van der Waals surface area contributed by atoms with Crippen LogP contribution in [0.4, 0.5) is 28.9 Å². The van der Waals surface area contributed by atoms with Gasteiger partial charge in [-0.1, -0.05) is 0 Å². The Kier molecular flexibility index (Phi) is 4.27. The van der Waals surface area contributed by atoms with Crippen molar-refractivity contribution in [3.05, 3.63) is 44.9 Å². The summed E-state index contributed by atoms with van der Waals surface area (Å²) in [5.74, 6) is -0.251. The average molecular weight is 438 g/mol. The van der Waals surface area contributed by atoms with Crippen LogP contribution in [-0.4, -0.2) is 18.6 Å². The number of nitrogens with one attached hydrogen (secondary N) is 1. The van der Waals surface area contributed by atoms with Crippen LogP contribution in [0.3, 0.4) is 0 Å². The Morgan fingerprint density at radius 1 is 1.23 bits per heavy atom. The molecule has 1 aromatic heterocycles. The minimum atomic E-state index is -4.34. The maximum Gasteiger partial charge on any atom is 0.395 e. The highest BCUT2D eigenvalue weighted by Gasteiger charge is 2.63. The summed E-state index contributed by atoms with van der Waals surface area (Å²) in [6.07, 6.45) is -3.85. The van der Waals surface area contributed by atoms with Crippen LogP contribution in [-0.2, 0) is 4.79 Å². The highest BCUT2D eigenvalue weighted by Crippen LogP contribution is 2.60. The number of thiophene rings is 1. The third-order valence-corrected chi connectivity index (χ3v) is 7.96. The van der Waals surface area contributed by atoms with Crippen LogP contribution in [0.25, 0.3) is 0 Å². The van der Waals surface area contributed by atoms with Gasteiger partial charge in [0.2, 0.25) is 5.91 Å². The van der Waals surface area contributed by atoms with Gasteiger partial charge in [0.15, 0.2) is 5.13 Å². The molecule has 2 atom stereocenters. The quantitative estimate of drug-likeness (QED) is 0.575. The minimum absolute atomic E-state index is 0.0174. The number of hydrogen-bond acceptors (Lipinski definition) is 3. The zero-order chi connectivity index (χ0) is 21.4. The van der Waals surface area contributed by atoms with Gasteiger partial charge in [-0.15, -0.1) is 11.3 Å². The fourth-order valence-electron chi connectivity index (χ4n) is 5.08. The summed E-state index contributed by atoms with van der Waals surface area (Å²) < 4.78 is 53.2. The molecular formula is C22H22F4N2OS. The second kappa shape index (κ2) is 6.45. The first-order valence-corrected chi connectivity index (χ1v) is 10.9. The second-order valence-electron chi connectivity index (χ2n) is 8.93. The predicted octanol–water partition coefficient (Wildman–Crippen LogP) is 6.22. The first-order valence-electron chi connectivity index (χ1n) is 10.1. The standard InChI is InChI=1S/C22H22F4N2OS/c1-11-5-14(28-10-13-7-16(28)15-8-17(23)30-20(13)15)6-12(2)19(11)27-18(29)9-21(3-4-21)22(24,25)26/h5-6,8,13,16H,3-4,7,9-10H2,1-2H3,(H,27,29). The van der Waals surface area contributed by atoms with E-state index in [9.17, 15) is 22.4 Å². The summed E-state index contributed by atoms with van der Waals surface area (Å²) in [6, 6.07) is 5.72. The van der Waals surface area contributed by atoms with Crippen molar-refractivity contribution in [3.8, 4) is 0 Å². The molecule has 1 saturated carbocycles. The molecule has 2 heterocycles. The Balaban J connectivity index is 1.35. The number of carbonyl (C=O) groups excluding carboxylic acids is 1. The number of aryl methyl sites for hydroxylation is 2. The van der Waals surface area contributed by atoms with Crippen molar-refractivity contribution < 1.29 is 22.4 Å². The number of alkyl halides is 3. The van der Waals surface area contributed by atoms with Crippen LogP contribution in [0.2, 0.25) is 0 Å². The summed E-state index contributed by atoms with van der Waals surface area (Å²) in [6.45, 7) is 4.54. The molecule has 8 heteroatoms. The molecule has 1 amide bonds. The molecule has 2 unspecified atom stereocenters. The molecule has 0 radical (unpaired) electrons. The Hall–Kier alpha value is -2.09. The van der Waals surface area contributed by atoms with Crippen LogP contribution < -0.4 is 10.2 Å². The van der Waals surface area contributed by atoms with Crippen molar-refractivity contribution in [3.63, 3.8) is 0 Å². The number of benzene rings is 1. The molecule has 2 fully saturated rings.